The number of hydrogen-bond donors (Lipinski definition) is 1. The molecule has 0 spiro atoms. The zero-order valence-corrected chi connectivity index (χ0v) is 12.1. The van der Waals surface area contributed by atoms with E-state index in [1.165, 1.54) is 0 Å². The molecule has 3 rings (SSSR count). The van der Waals surface area contributed by atoms with E-state index < -0.39 is 0 Å². The summed E-state index contributed by atoms with van der Waals surface area (Å²) in [4.78, 5) is 18.8. The van der Waals surface area contributed by atoms with Crippen LogP contribution in [0.4, 0.5) is 0 Å². The number of pyridine rings is 1. The monoisotopic (exact) mass is 275 g/mol. The Hall–Kier alpha value is -1.62. The lowest BCUT2D eigenvalue weighted by atomic mass is 9.94. The van der Waals surface area contributed by atoms with Gasteiger partial charge in [-0.25, -0.2) is 0 Å². The molecule has 0 aliphatic carbocycles. The van der Waals surface area contributed by atoms with Crippen LogP contribution in [0.2, 0.25) is 0 Å². The van der Waals surface area contributed by atoms with Gasteiger partial charge in [0, 0.05) is 30.4 Å². The SMILES string of the molecule is COc1cc(C)nc(CN2CC3NCCCC3C2=O)c1. The zero-order valence-electron chi connectivity index (χ0n) is 12.1. The van der Waals surface area contributed by atoms with Crippen LogP contribution in [0.25, 0.3) is 0 Å². The molecule has 20 heavy (non-hydrogen) atoms. The molecule has 5 heteroatoms. The summed E-state index contributed by atoms with van der Waals surface area (Å²) in [5, 5.41) is 3.45. The molecule has 0 saturated carbocycles. The molecule has 2 unspecified atom stereocenters. The molecule has 3 heterocycles. The first kappa shape index (κ1) is 13.4. The summed E-state index contributed by atoms with van der Waals surface area (Å²) in [5.74, 6) is 1.23. The summed E-state index contributed by atoms with van der Waals surface area (Å²) in [7, 11) is 1.65. The van der Waals surface area contributed by atoms with Crippen LogP contribution in [0, 0.1) is 12.8 Å². The molecule has 2 aliphatic heterocycles. The Kier molecular flexibility index (Phi) is 3.61. The van der Waals surface area contributed by atoms with E-state index in [0.29, 0.717) is 12.6 Å². The molecular formula is C15H21N3O2. The number of likely N-dealkylation sites (tertiary alicyclic amines) is 1. The van der Waals surface area contributed by atoms with Gasteiger partial charge in [-0.05, 0) is 26.3 Å². The van der Waals surface area contributed by atoms with Gasteiger partial charge in [-0.1, -0.05) is 0 Å². The van der Waals surface area contributed by atoms with Crippen molar-refractivity contribution < 1.29 is 9.53 Å². The number of ether oxygens (including phenoxy) is 1. The molecule has 1 aromatic heterocycles. The highest BCUT2D eigenvalue weighted by molar-refractivity contribution is 5.82. The molecule has 1 amide bonds. The lowest BCUT2D eigenvalue weighted by molar-refractivity contribution is -0.132. The van der Waals surface area contributed by atoms with Gasteiger partial charge in [-0.15, -0.1) is 0 Å². The Morgan fingerprint density at radius 3 is 3.10 bits per heavy atom. The second kappa shape index (κ2) is 5.40. The van der Waals surface area contributed by atoms with Crippen LogP contribution in [-0.4, -0.2) is 42.0 Å². The van der Waals surface area contributed by atoms with Crippen molar-refractivity contribution in [3.05, 3.63) is 23.5 Å². The van der Waals surface area contributed by atoms with Crippen molar-refractivity contribution in [1.29, 1.82) is 0 Å². The van der Waals surface area contributed by atoms with Crippen LogP contribution in [0.5, 0.6) is 5.75 Å². The molecule has 0 radical (unpaired) electrons. The summed E-state index contributed by atoms with van der Waals surface area (Å²) >= 11 is 0. The minimum Gasteiger partial charge on any atom is -0.497 e. The van der Waals surface area contributed by atoms with Gasteiger partial charge >= 0.3 is 0 Å². The van der Waals surface area contributed by atoms with Crippen molar-refractivity contribution in [1.82, 2.24) is 15.2 Å². The number of fused-ring (bicyclic) bond motifs is 1. The summed E-state index contributed by atoms with van der Waals surface area (Å²) in [6.07, 6.45) is 2.11. The predicted octanol–water partition coefficient (Wildman–Crippen LogP) is 1.11. The number of aromatic nitrogens is 1. The van der Waals surface area contributed by atoms with Crippen LogP contribution in [0.1, 0.15) is 24.2 Å². The normalized spacial score (nSPS) is 25.7. The summed E-state index contributed by atoms with van der Waals surface area (Å²) < 4.78 is 5.27. The van der Waals surface area contributed by atoms with Gasteiger partial charge in [-0.2, -0.15) is 0 Å². The number of nitrogens with zero attached hydrogens (tertiary/aromatic N) is 2. The first-order chi connectivity index (χ1) is 9.67. The van der Waals surface area contributed by atoms with Gasteiger partial charge in [0.05, 0.1) is 25.3 Å². The van der Waals surface area contributed by atoms with E-state index in [1.807, 2.05) is 24.0 Å². The van der Waals surface area contributed by atoms with Gasteiger partial charge in [0.15, 0.2) is 0 Å². The molecule has 2 saturated heterocycles. The third-order valence-corrected chi connectivity index (χ3v) is 4.20. The Labute approximate surface area is 119 Å². The minimum absolute atomic E-state index is 0.162. The average molecular weight is 275 g/mol. The Balaban J connectivity index is 1.75. The number of aryl methyl sites for hydroxylation is 1. The van der Waals surface area contributed by atoms with Crippen LogP contribution < -0.4 is 10.1 Å². The molecule has 1 N–H and O–H groups in total. The lowest BCUT2D eigenvalue weighted by Gasteiger charge is -2.23. The smallest absolute Gasteiger partial charge is 0.227 e. The van der Waals surface area contributed by atoms with Gasteiger partial charge in [0.1, 0.15) is 5.75 Å². The highest BCUT2D eigenvalue weighted by atomic mass is 16.5. The number of nitrogens with one attached hydrogen (secondary N) is 1. The third kappa shape index (κ3) is 2.50. The van der Waals surface area contributed by atoms with E-state index in [-0.39, 0.29) is 11.8 Å². The van der Waals surface area contributed by atoms with Gasteiger partial charge < -0.3 is 15.0 Å². The quantitative estimate of drug-likeness (QED) is 0.898. The molecule has 0 bridgehead atoms. The Morgan fingerprint density at radius 2 is 2.35 bits per heavy atom. The number of hydrogen-bond acceptors (Lipinski definition) is 4. The van der Waals surface area contributed by atoms with Crippen molar-refractivity contribution >= 4 is 5.91 Å². The van der Waals surface area contributed by atoms with E-state index in [9.17, 15) is 4.79 Å². The van der Waals surface area contributed by atoms with Gasteiger partial charge in [0.25, 0.3) is 0 Å². The standard InChI is InChI=1S/C15H21N3O2/c1-10-6-12(20-2)7-11(17-10)8-18-9-14-13(15(18)19)4-3-5-16-14/h6-7,13-14,16H,3-5,8-9H2,1-2H3. The largest absolute Gasteiger partial charge is 0.497 e. The number of amides is 1. The first-order valence-corrected chi connectivity index (χ1v) is 7.21. The van der Waals surface area contributed by atoms with Crippen LogP contribution in [0.15, 0.2) is 12.1 Å². The third-order valence-electron chi connectivity index (χ3n) is 4.20. The van der Waals surface area contributed by atoms with Crippen LogP contribution in [0.3, 0.4) is 0 Å². The molecular weight excluding hydrogens is 254 g/mol. The first-order valence-electron chi connectivity index (χ1n) is 7.21. The van der Waals surface area contributed by atoms with Gasteiger partial charge in [-0.3, -0.25) is 9.78 Å². The van der Waals surface area contributed by atoms with Crippen LogP contribution >= 0.6 is 0 Å². The maximum atomic E-state index is 12.4. The number of piperidine rings is 1. The Bertz CT molecular complexity index is 518. The van der Waals surface area contributed by atoms with Crippen molar-refractivity contribution in [3.63, 3.8) is 0 Å². The van der Waals surface area contributed by atoms with Gasteiger partial charge in [0.2, 0.25) is 5.91 Å². The van der Waals surface area contributed by atoms with E-state index in [2.05, 4.69) is 10.3 Å². The molecule has 2 atom stereocenters. The predicted molar refractivity (Wildman–Crippen MR) is 75.5 cm³/mol. The minimum atomic E-state index is 0.162. The number of carbonyl (C=O) groups excluding carboxylic acids is 1. The van der Waals surface area contributed by atoms with Crippen molar-refractivity contribution in [2.24, 2.45) is 5.92 Å². The number of methoxy groups -OCH3 is 1. The fraction of sp³-hybridized carbons (Fsp3) is 0.600. The summed E-state index contributed by atoms with van der Waals surface area (Å²) in [5.41, 5.74) is 1.82. The molecule has 5 nitrogen and oxygen atoms in total. The summed E-state index contributed by atoms with van der Waals surface area (Å²) in [6, 6.07) is 4.13. The van der Waals surface area contributed by atoms with Crippen molar-refractivity contribution in [2.45, 2.75) is 32.4 Å². The van der Waals surface area contributed by atoms with E-state index in [0.717, 1.165) is 43.1 Å². The summed E-state index contributed by atoms with van der Waals surface area (Å²) in [6.45, 7) is 4.34. The van der Waals surface area contributed by atoms with E-state index >= 15 is 0 Å². The number of rotatable bonds is 3. The van der Waals surface area contributed by atoms with Crippen molar-refractivity contribution in [3.8, 4) is 5.75 Å². The van der Waals surface area contributed by atoms with Crippen molar-refractivity contribution in [2.75, 3.05) is 20.2 Å². The van der Waals surface area contributed by atoms with E-state index in [4.69, 9.17) is 4.74 Å². The maximum Gasteiger partial charge on any atom is 0.227 e. The molecule has 2 fully saturated rings. The second-order valence-electron chi connectivity index (χ2n) is 5.67. The number of carbonyl (C=O) groups is 1. The maximum absolute atomic E-state index is 12.4. The molecule has 2 aliphatic rings. The van der Waals surface area contributed by atoms with Crippen LogP contribution in [-0.2, 0) is 11.3 Å². The molecule has 1 aromatic rings. The molecule has 0 aromatic carbocycles. The average Bonchev–Trinajstić information content (AvgIpc) is 2.75. The highest BCUT2D eigenvalue weighted by Gasteiger charge is 2.41. The second-order valence-corrected chi connectivity index (χ2v) is 5.67. The highest BCUT2D eigenvalue weighted by Crippen LogP contribution is 2.27. The Morgan fingerprint density at radius 1 is 1.50 bits per heavy atom. The fourth-order valence-corrected chi connectivity index (χ4v) is 3.24. The zero-order chi connectivity index (χ0) is 14.1. The van der Waals surface area contributed by atoms with E-state index in [1.54, 1.807) is 7.11 Å². The molecule has 108 valence electrons. The fourth-order valence-electron chi connectivity index (χ4n) is 3.24. The topological polar surface area (TPSA) is 54.5 Å². The lowest BCUT2D eigenvalue weighted by Crippen LogP contribution is -2.41.